The Balaban J connectivity index is 1.73. The molecule has 11 heteroatoms. The molecule has 0 bridgehead atoms. The maximum Gasteiger partial charge on any atom is 0.254 e. The van der Waals surface area contributed by atoms with Crippen molar-refractivity contribution in [2.45, 2.75) is 37.6 Å². The van der Waals surface area contributed by atoms with Crippen molar-refractivity contribution in [2.24, 2.45) is 5.73 Å². The number of benzene rings is 1. The van der Waals surface area contributed by atoms with Crippen molar-refractivity contribution in [1.29, 1.82) is 0 Å². The Bertz CT molecular complexity index is 1110. The van der Waals surface area contributed by atoms with Gasteiger partial charge in [0, 0.05) is 31.6 Å². The number of carbonyl (C=O) groups is 1. The first-order valence-electron chi connectivity index (χ1n) is 9.94. The van der Waals surface area contributed by atoms with Gasteiger partial charge in [-0.15, -0.1) is 0 Å². The number of β-amino-alcohol motifs (C(OH)–C–C–N with tert-alkyl or cyclic N) is 1. The first-order valence-corrected chi connectivity index (χ1v) is 9.94. The van der Waals surface area contributed by atoms with E-state index in [9.17, 15) is 15.0 Å². The van der Waals surface area contributed by atoms with Crippen molar-refractivity contribution in [3.05, 3.63) is 41.7 Å². The maximum absolute atomic E-state index is 13.2. The summed E-state index contributed by atoms with van der Waals surface area (Å²) in [7, 11) is 0. The molecule has 1 saturated heterocycles. The van der Waals surface area contributed by atoms with E-state index in [1.807, 2.05) is 0 Å². The Labute approximate surface area is 178 Å². The van der Waals surface area contributed by atoms with E-state index in [2.05, 4.69) is 15.0 Å². The summed E-state index contributed by atoms with van der Waals surface area (Å²) in [6.07, 6.45) is 0.639. The van der Waals surface area contributed by atoms with Gasteiger partial charge in [0.25, 0.3) is 5.91 Å². The van der Waals surface area contributed by atoms with Gasteiger partial charge in [-0.1, -0.05) is 12.1 Å². The van der Waals surface area contributed by atoms with Crippen LogP contribution in [0.2, 0.25) is 0 Å². The van der Waals surface area contributed by atoms with Crippen LogP contribution in [0.5, 0.6) is 0 Å². The van der Waals surface area contributed by atoms with E-state index < -0.39 is 17.7 Å². The van der Waals surface area contributed by atoms with Crippen LogP contribution in [0.1, 0.15) is 35.3 Å². The number of aliphatic hydroxyl groups is 2. The number of nitrogens with zero attached hydrogens (tertiary/aromatic N) is 5. The highest BCUT2D eigenvalue weighted by molar-refractivity contribution is 5.94. The number of aliphatic hydroxyl groups excluding tert-OH is 1. The van der Waals surface area contributed by atoms with Crippen molar-refractivity contribution in [3.8, 4) is 0 Å². The van der Waals surface area contributed by atoms with Gasteiger partial charge >= 0.3 is 0 Å². The first kappa shape index (κ1) is 21.0. The molecule has 164 valence electrons. The number of amides is 1. The molecule has 1 aliphatic rings. The number of nitrogens with two attached hydrogens (primary N) is 3. The summed E-state index contributed by atoms with van der Waals surface area (Å²) >= 11 is 0. The lowest BCUT2D eigenvalue weighted by molar-refractivity contribution is -0.0217. The Morgan fingerprint density at radius 1 is 1.23 bits per heavy atom. The average Bonchev–Trinajstić information content (AvgIpc) is 3.08. The van der Waals surface area contributed by atoms with Crippen LogP contribution < -0.4 is 17.2 Å². The average molecular weight is 426 g/mol. The number of likely N-dealkylation sites (tertiary alicyclic amines) is 1. The second kappa shape index (κ2) is 7.76. The molecule has 3 heterocycles. The molecule has 0 radical (unpaired) electrons. The van der Waals surface area contributed by atoms with Crippen LogP contribution in [-0.4, -0.2) is 65.3 Å². The second-order valence-corrected chi connectivity index (χ2v) is 8.13. The molecule has 11 nitrogen and oxygen atoms in total. The number of anilines is 2. The standard InChI is InChI=1S/C20H26N8O3/c1-20(31)6-13(29)8-27(18(30)12-4-2-11(7-21)3-5-12)9-14(20)28-10-24-15-16(22)25-19(23)26-17(15)28/h2-5,10,13-14,29,31H,6-9,21H2,1H3,(H4,22,23,25,26)/t13-,14+,20+/m0/s1. The summed E-state index contributed by atoms with van der Waals surface area (Å²) in [4.78, 5) is 27.1. The number of hydrogen-bond acceptors (Lipinski definition) is 9. The van der Waals surface area contributed by atoms with Crippen LogP contribution in [0.3, 0.4) is 0 Å². The molecule has 2 aromatic heterocycles. The minimum absolute atomic E-state index is 0.0204. The summed E-state index contributed by atoms with van der Waals surface area (Å²) in [6.45, 7) is 2.20. The van der Waals surface area contributed by atoms with Crippen LogP contribution in [-0.2, 0) is 6.54 Å². The normalized spacial score (nSPS) is 24.3. The van der Waals surface area contributed by atoms with Crippen molar-refractivity contribution in [1.82, 2.24) is 24.4 Å². The van der Waals surface area contributed by atoms with Gasteiger partial charge in [-0.2, -0.15) is 9.97 Å². The summed E-state index contributed by atoms with van der Waals surface area (Å²) in [6, 6.07) is 6.34. The van der Waals surface area contributed by atoms with Gasteiger partial charge in [0.1, 0.15) is 5.52 Å². The minimum atomic E-state index is -1.36. The number of carbonyl (C=O) groups excluding carboxylic acids is 1. The molecule has 1 aliphatic heterocycles. The Morgan fingerprint density at radius 3 is 2.61 bits per heavy atom. The summed E-state index contributed by atoms with van der Waals surface area (Å²) in [5, 5.41) is 21.8. The van der Waals surface area contributed by atoms with E-state index in [1.165, 1.54) is 11.2 Å². The predicted molar refractivity (Wildman–Crippen MR) is 115 cm³/mol. The summed E-state index contributed by atoms with van der Waals surface area (Å²) < 4.78 is 1.64. The molecule has 0 spiro atoms. The predicted octanol–water partition coefficient (Wildman–Crippen LogP) is -0.351. The Kier molecular flexibility index (Phi) is 5.25. The lowest BCUT2D eigenvalue weighted by Gasteiger charge is -2.34. The zero-order valence-corrected chi connectivity index (χ0v) is 17.1. The summed E-state index contributed by atoms with van der Waals surface area (Å²) in [5.74, 6) is -0.154. The highest BCUT2D eigenvalue weighted by Crippen LogP contribution is 2.34. The topological polar surface area (TPSA) is 182 Å². The Morgan fingerprint density at radius 2 is 1.94 bits per heavy atom. The molecule has 31 heavy (non-hydrogen) atoms. The van der Waals surface area contributed by atoms with Gasteiger partial charge in [0.15, 0.2) is 11.5 Å². The number of aromatic nitrogens is 4. The third-order valence-corrected chi connectivity index (χ3v) is 5.72. The molecule has 3 atom stereocenters. The van der Waals surface area contributed by atoms with Crippen molar-refractivity contribution < 1.29 is 15.0 Å². The van der Waals surface area contributed by atoms with Gasteiger partial charge in [0.05, 0.1) is 24.1 Å². The monoisotopic (exact) mass is 426 g/mol. The first-order chi connectivity index (χ1) is 14.7. The van der Waals surface area contributed by atoms with Crippen LogP contribution in [0.15, 0.2) is 30.6 Å². The largest absolute Gasteiger partial charge is 0.391 e. The number of fused-ring (bicyclic) bond motifs is 1. The SMILES string of the molecule is C[C@@]1(O)C[C@H](O)CN(C(=O)c2ccc(CN)cc2)C[C@H]1n1cnc2c(N)nc(N)nc21. The van der Waals surface area contributed by atoms with E-state index in [1.54, 1.807) is 35.8 Å². The summed E-state index contributed by atoms with van der Waals surface area (Å²) in [5.41, 5.74) is 18.0. The van der Waals surface area contributed by atoms with Crippen LogP contribution in [0.25, 0.3) is 11.2 Å². The fourth-order valence-electron chi connectivity index (χ4n) is 4.12. The Hall–Kier alpha value is -3.28. The molecule has 1 fully saturated rings. The third-order valence-electron chi connectivity index (χ3n) is 5.72. The van der Waals surface area contributed by atoms with E-state index in [-0.39, 0.29) is 37.2 Å². The maximum atomic E-state index is 13.2. The molecule has 1 aromatic carbocycles. The highest BCUT2D eigenvalue weighted by atomic mass is 16.3. The van der Waals surface area contributed by atoms with Crippen molar-refractivity contribution in [3.63, 3.8) is 0 Å². The van der Waals surface area contributed by atoms with Gasteiger partial charge in [-0.05, 0) is 24.6 Å². The fourth-order valence-corrected chi connectivity index (χ4v) is 4.12. The lowest BCUT2D eigenvalue weighted by Crippen LogP contribution is -2.42. The molecular formula is C20H26N8O3. The molecular weight excluding hydrogens is 400 g/mol. The van der Waals surface area contributed by atoms with E-state index in [0.29, 0.717) is 23.3 Å². The van der Waals surface area contributed by atoms with E-state index in [0.717, 1.165) is 5.56 Å². The van der Waals surface area contributed by atoms with Gasteiger partial charge in [-0.3, -0.25) is 4.79 Å². The van der Waals surface area contributed by atoms with Gasteiger partial charge in [-0.25, -0.2) is 4.98 Å². The van der Waals surface area contributed by atoms with E-state index in [4.69, 9.17) is 17.2 Å². The zero-order valence-electron chi connectivity index (χ0n) is 17.1. The number of imidazole rings is 1. The van der Waals surface area contributed by atoms with E-state index >= 15 is 0 Å². The molecule has 0 unspecified atom stereocenters. The minimum Gasteiger partial charge on any atom is -0.391 e. The molecule has 0 aliphatic carbocycles. The van der Waals surface area contributed by atoms with Crippen molar-refractivity contribution in [2.75, 3.05) is 24.6 Å². The third kappa shape index (κ3) is 3.90. The lowest BCUT2D eigenvalue weighted by atomic mass is 9.91. The number of rotatable bonds is 3. The van der Waals surface area contributed by atoms with Gasteiger partial charge < -0.3 is 36.9 Å². The quantitative estimate of drug-likeness (QED) is 0.373. The molecule has 0 saturated carbocycles. The highest BCUT2D eigenvalue weighted by Gasteiger charge is 2.42. The van der Waals surface area contributed by atoms with Crippen LogP contribution >= 0.6 is 0 Å². The van der Waals surface area contributed by atoms with Crippen LogP contribution in [0.4, 0.5) is 11.8 Å². The fraction of sp³-hybridized carbons (Fsp3) is 0.400. The van der Waals surface area contributed by atoms with Crippen LogP contribution in [0, 0.1) is 0 Å². The van der Waals surface area contributed by atoms with Gasteiger partial charge in [0.2, 0.25) is 5.95 Å². The number of nitrogen functional groups attached to an aromatic ring is 2. The molecule has 3 aromatic rings. The molecule has 4 rings (SSSR count). The number of hydrogen-bond donors (Lipinski definition) is 5. The zero-order chi connectivity index (χ0) is 22.3. The smallest absolute Gasteiger partial charge is 0.254 e. The van der Waals surface area contributed by atoms with Crippen molar-refractivity contribution >= 4 is 28.8 Å². The second-order valence-electron chi connectivity index (χ2n) is 8.13. The molecule has 8 N–H and O–H groups in total. The molecule has 1 amide bonds.